The average Bonchev–Trinajstić information content (AvgIpc) is 3.71. The summed E-state index contributed by atoms with van der Waals surface area (Å²) in [5.74, 6) is -1.20. The van der Waals surface area contributed by atoms with Gasteiger partial charge in [0, 0.05) is 50.1 Å². The number of rotatable bonds is 7. The molecule has 0 radical (unpaired) electrons. The van der Waals surface area contributed by atoms with Gasteiger partial charge in [0.2, 0.25) is 5.91 Å². The van der Waals surface area contributed by atoms with Gasteiger partial charge in [0.15, 0.2) is 0 Å². The van der Waals surface area contributed by atoms with Gasteiger partial charge in [-0.25, -0.2) is 9.59 Å². The first-order valence-electron chi connectivity index (χ1n) is 15.0. The molecule has 1 aromatic heterocycles. The van der Waals surface area contributed by atoms with Crippen molar-refractivity contribution in [1.29, 1.82) is 0 Å². The number of hydrogen-bond donors (Lipinski definition) is 4. The van der Waals surface area contributed by atoms with Gasteiger partial charge in [-0.3, -0.25) is 14.6 Å². The average molecular weight is 648 g/mol. The molecule has 2 unspecified atom stereocenters. The molecule has 12 nitrogen and oxygen atoms in total. The van der Waals surface area contributed by atoms with Crippen molar-refractivity contribution in [2.24, 2.45) is 11.8 Å². The molecule has 2 atom stereocenters. The molecule has 0 spiro atoms. The van der Waals surface area contributed by atoms with Gasteiger partial charge in [-0.05, 0) is 70.7 Å². The lowest BCUT2D eigenvalue weighted by molar-refractivity contribution is -0.141. The second-order valence-electron chi connectivity index (χ2n) is 11.8. The normalized spacial score (nSPS) is 17.2. The molecule has 4 rings (SSSR count). The molecular formula is C32H46ClN5O7. The standard InChI is InChI=1S/C15H21N3O3.C10H17NO4.C7H8ClN/c19-14(13-6-7-16-10-13)17-8-9-18-15(20)21-11-12-4-2-1-3-5-12;1-10(2,3)15-9(14)11-5-4-7(6-11)8(12)13;1-5-3-9-4-6(2)7(5)8/h1-5,13,16H,6-11H2,(H,17,19)(H,18,20);7H,4-6H2,1-3H3,(H,12,13);3-4H,1-2H3. The van der Waals surface area contributed by atoms with E-state index in [0.29, 0.717) is 26.1 Å². The molecule has 45 heavy (non-hydrogen) atoms. The summed E-state index contributed by atoms with van der Waals surface area (Å²) in [6.45, 7) is 12.6. The molecule has 248 valence electrons. The summed E-state index contributed by atoms with van der Waals surface area (Å²) in [6, 6.07) is 9.48. The molecule has 2 aliphatic heterocycles. The van der Waals surface area contributed by atoms with Crippen molar-refractivity contribution in [1.82, 2.24) is 25.8 Å². The van der Waals surface area contributed by atoms with Gasteiger partial charge in [0.1, 0.15) is 12.2 Å². The third-order valence-electron chi connectivity index (χ3n) is 6.76. The number of carboxylic acids is 1. The number of amides is 3. The summed E-state index contributed by atoms with van der Waals surface area (Å²) in [7, 11) is 0. The van der Waals surface area contributed by atoms with Gasteiger partial charge in [0.25, 0.3) is 0 Å². The van der Waals surface area contributed by atoms with E-state index < -0.39 is 29.7 Å². The van der Waals surface area contributed by atoms with Gasteiger partial charge in [-0.15, -0.1) is 0 Å². The molecule has 0 saturated carbocycles. The smallest absolute Gasteiger partial charge is 0.410 e. The number of nitrogens with one attached hydrogen (secondary N) is 3. The van der Waals surface area contributed by atoms with Crippen LogP contribution in [0, 0.1) is 25.7 Å². The number of aryl methyl sites for hydroxylation is 2. The highest BCUT2D eigenvalue weighted by molar-refractivity contribution is 6.32. The Hall–Kier alpha value is -3.90. The highest BCUT2D eigenvalue weighted by Gasteiger charge is 2.33. The fraction of sp³-hybridized carbons (Fsp3) is 0.531. The fourth-order valence-corrected chi connectivity index (χ4v) is 4.38. The summed E-state index contributed by atoms with van der Waals surface area (Å²) in [6.07, 6.45) is 4.00. The van der Waals surface area contributed by atoms with Crippen molar-refractivity contribution in [3.05, 3.63) is 64.4 Å². The fourth-order valence-electron chi connectivity index (χ4n) is 4.29. The minimum atomic E-state index is -0.846. The Bertz CT molecular complexity index is 1230. The van der Waals surface area contributed by atoms with Gasteiger partial charge in [-0.2, -0.15) is 0 Å². The Morgan fingerprint density at radius 1 is 1.02 bits per heavy atom. The van der Waals surface area contributed by atoms with Crippen LogP contribution in [0.3, 0.4) is 0 Å². The monoisotopic (exact) mass is 647 g/mol. The second-order valence-corrected chi connectivity index (χ2v) is 12.2. The molecule has 2 saturated heterocycles. The molecule has 4 N–H and O–H groups in total. The van der Waals surface area contributed by atoms with Gasteiger partial charge in [-0.1, -0.05) is 41.9 Å². The summed E-state index contributed by atoms with van der Waals surface area (Å²) in [4.78, 5) is 50.8. The number of aliphatic carboxylic acids is 1. The first-order chi connectivity index (χ1) is 21.3. The molecule has 3 amide bonds. The maximum absolute atomic E-state index is 11.7. The van der Waals surface area contributed by atoms with Crippen LogP contribution in [0.25, 0.3) is 0 Å². The van der Waals surface area contributed by atoms with Crippen LogP contribution in [-0.2, 0) is 25.7 Å². The Balaban J connectivity index is 0.000000256. The second kappa shape index (κ2) is 18.8. The quantitative estimate of drug-likeness (QED) is 0.321. The van der Waals surface area contributed by atoms with Crippen LogP contribution in [0.4, 0.5) is 9.59 Å². The van der Waals surface area contributed by atoms with Gasteiger partial charge in [0.05, 0.1) is 11.8 Å². The first-order valence-corrected chi connectivity index (χ1v) is 15.3. The maximum atomic E-state index is 11.7. The van der Waals surface area contributed by atoms with Crippen LogP contribution >= 0.6 is 11.6 Å². The van der Waals surface area contributed by atoms with E-state index in [2.05, 4.69) is 20.9 Å². The van der Waals surface area contributed by atoms with Crippen LogP contribution in [-0.4, -0.2) is 83.9 Å². The predicted octanol–water partition coefficient (Wildman–Crippen LogP) is 4.32. The van der Waals surface area contributed by atoms with Crippen molar-refractivity contribution in [2.75, 3.05) is 39.3 Å². The number of benzene rings is 1. The molecule has 2 aromatic rings. The van der Waals surface area contributed by atoms with Crippen molar-refractivity contribution in [3.63, 3.8) is 0 Å². The molecule has 0 bridgehead atoms. The van der Waals surface area contributed by atoms with Gasteiger partial charge >= 0.3 is 18.2 Å². The number of likely N-dealkylation sites (tertiary alicyclic amines) is 1. The summed E-state index contributed by atoms with van der Waals surface area (Å²) in [5, 5.41) is 18.1. The zero-order chi connectivity index (χ0) is 33.4. The lowest BCUT2D eigenvalue weighted by Gasteiger charge is -2.24. The Kier molecular flexibility index (Phi) is 15.6. The number of carbonyl (C=O) groups excluding carboxylic acids is 3. The Labute approximate surface area is 270 Å². The van der Waals surface area contributed by atoms with Crippen LogP contribution in [0.5, 0.6) is 0 Å². The van der Waals surface area contributed by atoms with Crippen molar-refractivity contribution >= 4 is 35.7 Å². The molecule has 3 heterocycles. The van der Waals surface area contributed by atoms with Gasteiger partial charge < -0.3 is 35.4 Å². The number of halogens is 1. The van der Waals surface area contributed by atoms with Crippen LogP contribution < -0.4 is 16.0 Å². The largest absolute Gasteiger partial charge is 0.481 e. The zero-order valence-electron chi connectivity index (χ0n) is 26.7. The van der Waals surface area contributed by atoms with E-state index in [9.17, 15) is 19.2 Å². The molecule has 2 aliphatic rings. The number of ether oxygens (including phenoxy) is 2. The van der Waals surface area contributed by atoms with Crippen LogP contribution in [0.15, 0.2) is 42.7 Å². The molecular weight excluding hydrogens is 602 g/mol. The third-order valence-corrected chi connectivity index (χ3v) is 7.35. The van der Waals surface area contributed by atoms with E-state index in [1.807, 2.05) is 44.2 Å². The van der Waals surface area contributed by atoms with Crippen molar-refractivity contribution in [3.8, 4) is 0 Å². The molecule has 1 aromatic carbocycles. The number of alkyl carbamates (subject to hydrolysis) is 1. The van der Waals surface area contributed by atoms with E-state index in [1.54, 1.807) is 33.2 Å². The molecule has 2 fully saturated rings. The molecule has 0 aliphatic carbocycles. The lowest BCUT2D eigenvalue weighted by Crippen LogP contribution is -2.38. The number of pyridine rings is 1. The highest BCUT2D eigenvalue weighted by Crippen LogP contribution is 2.19. The predicted molar refractivity (Wildman–Crippen MR) is 171 cm³/mol. The summed E-state index contributed by atoms with van der Waals surface area (Å²) < 4.78 is 10.2. The number of hydrogen-bond acceptors (Lipinski definition) is 8. The SMILES string of the molecule is CC(C)(C)OC(=O)N1CCC(C(=O)O)C1.Cc1cncc(C)c1Cl.O=C(NCCNC(=O)C1CCNC1)OCc1ccccc1. The van der Waals surface area contributed by atoms with E-state index in [0.717, 1.165) is 41.2 Å². The van der Waals surface area contributed by atoms with Crippen molar-refractivity contribution < 1.29 is 33.8 Å². The van der Waals surface area contributed by atoms with E-state index in [4.69, 9.17) is 26.2 Å². The first kappa shape index (κ1) is 37.3. The Morgan fingerprint density at radius 2 is 1.67 bits per heavy atom. The minimum Gasteiger partial charge on any atom is -0.481 e. The topological polar surface area (TPSA) is 159 Å². The number of carboxylic acid groups (broad SMARTS) is 1. The van der Waals surface area contributed by atoms with E-state index in [-0.39, 0.29) is 25.0 Å². The summed E-state index contributed by atoms with van der Waals surface area (Å²) >= 11 is 5.84. The molecule has 13 heteroatoms. The summed E-state index contributed by atoms with van der Waals surface area (Å²) in [5.41, 5.74) is 2.49. The van der Waals surface area contributed by atoms with Crippen LogP contribution in [0.1, 0.15) is 50.3 Å². The lowest BCUT2D eigenvalue weighted by atomic mass is 10.1. The number of nitrogens with zero attached hydrogens (tertiary/aromatic N) is 2. The number of carbonyl (C=O) groups is 4. The third kappa shape index (κ3) is 14.6. The number of aromatic nitrogens is 1. The van der Waals surface area contributed by atoms with Crippen molar-refractivity contribution in [2.45, 2.75) is 59.7 Å². The van der Waals surface area contributed by atoms with Crippen LogP contribution in [0.2, 0.25) is 5.02 Å². The minimum absolute atomic E-state index is 0.0412. The highest BCUT2D eigenvalue weighted by atomic mass is 35.5. The zero-order valence-corrected chi connectivity index (χ0v) is 27.5. The Morgan fingerprint density at radius 3 is 2.20 bits per heavy atom. The van der Waals surface area contributed by atoms with E-state index in [1.165, 1.54) is 4.90 Å². The maximum Gasteiger partial charge on any atom is 0.410 e. The van der Waals surface area contributed by atoms with E-state index >= 15 is 0 Å².